The predicted molar refractivity (Wildman–Crippen MR) is 93.3 cm³/mol. The number of fused-ring (bicyclic) bond motifs is 1. The van der Waals surface area contributed by atoms with Gasteiger partial charge in [-0.05, 0) is 31.7 Å². The predicted octanol–water partition coefficient (Wildman–Crippen LogP) is 2.81. The Labute approximate surface area is 137 Å². The molecule has 2 aromatic rings. The van der Waals surface area contributed by atoms with Crippen LogP contribution in [0.2, 0.25) is 0 Å². The van der Waals surface area contributed by atoms with E-state index in [-0.39, 0.29) is 5.82 Å². The third-order valence-corrected chi connectivity index (χ3v) is 4.77. The van der Waals surface area contributed by atoms with Crippen molar-refractivity contribution in [2.75, 3.05) is 44.6 Å². The van der Waals surface area contributed by atoms with E-state index in [4.69, 9.17) is 0 Å². The molecule has 1 aromatic carbocycles. The summed E-state index contributed by atoms with van der Waals surface area (Å²) in [5.74, 6) is -0.246. The highest BCUT2D eigenvalue weighted by Gasteiger charge is 2.20. The van der Waals surface area contributed by atoms with Gasteiger partial charge in [-0.25, -0.2) is 4.39 Å². The molecule has 5 heteroatoms. The Morgan fingerprint density at radius 2 is 2.00 bits per heavy atom. The number of rotatable bonds is 5. The number of anilines is 1. The van der Waals surface area contributed by atoms with Gasteiger partial charge in [0.25, 0.3) is 0 Å². The zero-order valence-corrected chi connectivity index (χ0v) is 13.9. The highest BCUT2D eigenvalue weighted by molar-refractivity contribution is 5.90. The van der Waals surface area contributed by atoms with E-state index in [2.05, 4.69) is 33.9 Å². The van der Waals surface area contributed by atoms with E-state index in [1.165, 1.54) is 12.1 Å². The van der Waals surface area contributed by atoms with E-state index < -0.39 is 0 Å². The molecular weight excluding hydrogens is 291 g/mol. The maximum atomic E-state index is 13.3. The number of hydrogen-bond acceptors (Lipinski definition) is 4. The molecule has 0 amide bonds. The summed E-state index contributed by atoms with van der Waals surface area (Å²) in [6.45, 7) is 11.0. The van der Waals surface area contributed by atoms with Crippen molar-refractivity contribution in [2.45, 2.75) is 19.9 Å². The quantitative estimate of drug-likeness (QED) is 0.919. The zero-order valence-electron chi connectivity index (χ0n) is 13.9. The summed E-state index contributed by atoms with van der Waals surface area (Å²) >= 11 is 0. The number of likely N-dealkylation sites (N-methyl/N-ethyl adjacent to an activating group) is 1. The first kappa shape index (κ1) is 16.1. The highest BCUT2D eigenvalue weighted by atomic mass is 19.1. The van der Waals surface area contributed by atoms with E-state index in [1.54, 1.807) is 12.3 Å². The Balaban J connectivity index is 1.62. The van der Waals surface area contributed by atoms with Crippen molar-refractivity contribution in [3.63, 3.8) is 0 Å². The number of halogens is 1. The molecule has 4 nitrogen and oxygen atoms in total. The van der Waals surface area contributed by atoms with E-state index in [1.807, 2.05) is 6.07 Å². The van der Waals surface area contributed by atoms with Gasteiger partial charge in [-0.1, -0.05) is 6.92 Å². The van der Waals surface area contributed by atoms with Gasteiger partial charge in [0.2, 0.25) is 0 Å². The van der Waals surface area contributed by atoms with E-state index in [9.17, 15) is 4.39 Å². The van der Waals surface area contributed by atoms with Crippen molar-refractivity contribution < 1.29 is 4.39 Å². The largest absolute Gasteiger partial charge is 0.383 e. The first-order chi connectivity index (χ1) is 11.2. The van der Waals surface area contributed by atoms with Gasteiger partial charge in [0.15, 0.2) is 0 Å². The first-order valence-corrected chi connectivity index (χ1v) is 8.42. The van der Waals surface area contributed by atoms with Crippen LogP contribution in [0.4, 0.5) is 10.1 Å². The molecule has 1 fully saturated rings. The average Bonchev–Trinajstić information content (AvgIpc) is 2.59. The fourth-order valence-corrected chi connectivity index (χ4v) is 3.18. The van der Waals surface area contributed by atoms with Crippen LogP contribution in [0.1, 0.15) is 13.8 Å². The van der Waals surface area contributed by atoms with Crippen LogP contribution in [0, 0.1) is 5.82 Å². The normalized spacial score (nSPS) is 18.2. The van der Waals surface area contributed by atoms with Crippen LogP contribution in [-0.2, 0) is 0 Å². The third kappa shape index (κ3) is 3.79. The summed E-state index contributed by atoms with van der Waals surface area (Å²) in [5, 5.41) is 4.48. The molecule has 1 aliphatic heterocycles. The minimum Gasteiger partial charge on any atom is -0.383 e. The van der Waals surface area contributed by atoms with Crippen LogP contribution in [0.5, 0.6) is 0 Å². The van der Waals surface area contributed by atoms with Gasteiger partial charge in [0.05, 0.1) is 5.52 Å². The summed E-state index contributed by atoms with van der Waals surface area (Å²) < 4.78 is 13.3. The second kappa shape index (κ2) is 7.23. The average molecular weight is 316 g/mol. The third-order valence-electron chi connectivity index (χ3n) is 4.77. The molecule has 0 saturated carbocycles. The van der Waals surface area contributed by atoms with Crippen LogP contribution >= 0.6 is 0 Å². The van der Waals surface area contributed by atoms with Gasteiger partial charge < -0.3 is 10.2 Å². The van der Waals surface area contributed by atoms with Crippen LogP contribution in [0.3, 0.4) is 0 Å². The Kier molecular flexibility index (Phi) is 5.08. The monoisotopic (exact) mass is 316 g/mol. The smallest absolute Gasteiger partial charge is 0.125 e. The molecule has 23 heavy (non-hydrogen) atoms. The van der Waals surface area contributed by atoms with Gasteiger partial charge >= 0.3 is 0 Å². The van der Waals surface area contributed by atoms with Crippen LogP contribution in [0.25, 0.3) is 10.9 Å². The lowest BCUT2D eigenvalue weighted by Crippen LogP contribution is -2.51. The van der Waals surface area contributed by atoms with Gasteiger partial charge in [-0.3, -0.25) is 9.88 Å². The molecule has 3 rings (SSSR count). The van der Waals surface area contributed by atoms with Gasteiger partial charge in [0.1, 0.15) is 5.82 Å². The molecule has 1 atom stereocenters. The number of hydrogen-bond donors (Lipinski definition) is 1. The second-order valence-electron chi connectivity index (χ2n) is 6.22. The fraction of sp³-hybridized carbons (Fsp3) is 0.500. The lowest BCUT2D eigenvalue weighted by Gasteiger charge is -2.37. The van der Waals surface area contributed by atoms with Crippen LogP contribution in [-0.4, -0.2) is 60.1 Å². The molecule has 124 valence electrons. The van der Waals surface area contributed by atoms with Crippen LogP contribution in [0.15, 0.2) is 30.5 Å². The molecule has 0 bridgehead atoms. The number of nitrogens with one attached hydrogen (secondary N) is 1. The Morgan fingerprint density at radius 3 is 2.74 bits per heavy atom. The SMILES string of the molecule is CCN1CCN(C(C)CNc2ccnc3cc(F)ccc23)CC1. The minimum atomic E-state index is -0.246. The highest BCUT2D eigenvalue weighted by Crippen LogP contribution is 2.22. The molecule has 0 spiro atoms. The Hall–Kier alpha value is -1.72. The number of piperazine rings is 1. The Morgan fingerprint density at radius 1 is 1.22 bits per heavy atom. The van der Waals surface area contributed by atoms with Crippen molar-refractivity contribution in [3.8, 4) is 0 Å². The molecule has 2 heterocycles. The second-order valence-corrected chi connectivity index (χ2v) is 6.22. The molecular formula is C18H25FN4. The van der Waals surface area contributed by atoms with Crippen molar-refractivity contribution >= 4 is 16.6 Å². The summed E-state index contributed by atoms with van der Waals surface area (Å²) in [6, 6.07) is 7.20. The number of aromatic nitrogens is 1. The molecule has 1 unspecified atom stereocenters. The van der Waals surface area contributed by atoms with Gasteiger partial charge in [0, 0.05) is 62.1 Å². The summed E-state index contributed by atoms with van der Waals surface area (Å²) in [6.07, 6.45) is 1.73. The van der Waals surface area contributed by atoms with E-state index in [0.29, 0.717) is 11.6 Å². The van der Waals surface area contributed by atoms with Gasteiger partial charge in [-0.2, -0.15) is 0 Å². The standard InChI is InChI=1S/C18H25FN4/c1-3-22-8-10-23(11-9-22)14(2)13-21-17-6-7-20-18-12-15(19)4-5-16(17)18/h4-7,12,14H,3,8-11,13H2,1-2H3,(H,20,21). The maximum absolute atomic E-state index is 13.3. The summed E-state index contributed by atoms with van der Waals surface area (Å²) in [4.78, 5) is 9.26. The lowest BCUT2D eigenvalue weighted by molar-refractivity contribution is 0.110. The van der Waals surface area contributed by atoms with Gasteiger partial charge in [-0.15, -0.1) is 0 Å². The number of benzene rings is 1. The Bertz CT molecular complexity index is 653. The fourth-order valence-electron chi connectivity index (χ4n) is 3.18. The molecule has 0 radical (unpaired) electrons. The molecule has 1 aromatic heterocycles. The van der Waals surface area contributed by atoms with Crippen LogP contribution < -0.4 is 5.32 Å². The molecule has 1 saturated heterocycles. The van der Waals surface area contributed by atoms with Crippen molar-refractivity contribution in [1.82, 2.24) is 14.8 Å². The topological polar surface area (TPSA) is 31.4 Å². The van der Waals surface area contributed by atoms with E-state index >= 15 is 0 Å². The summed E-state index contributed by atoms with van der Waals surface area (Å²) in [7, 11) is 0. The maximum Gasteiger partial charge on any atom is 0.125 e. The van der Waals surface area contributed by atoms with Crippen molar-refractivity contribution in [2.24, 2.45) is 0 Å². The van der Waals surface area contributed by atoms with Crippen molar-refractivity contribution in [3.05, 3.63) is 36.3 Å². The number of pyridine rings is 1. The molecule has 1 N–H and O–H groups in total. The lowest BCUT2D eigenvalue weighted by atomic mass is 10.1. The summed E-state index contributed by atoms with van der Waals surface area (Å²) in [5.41, 5.74) is 1.72. The molecule has 1 aliphatic rings. The van der Waals surface area contributed by atoms with E-state index in [0.717, 1.165) is 50.3 Å². The number of nitrogens with zero attached hydrogens (tertiary/aromatic N) is 3. The molecule has 0 aliphatic carbocycles. The minimum absolute atomic E-state index is 0.246. The first-order valence-electron chi connectivity index (χ1n) is 8.42. The van der Waals surface area contributed by atoms with Crippen molar-refractivity contribution in [1.29, 1.82) is 0 Å². The zero-order chi connectivity index (χ0) is 16.2.